The molecule has 0 radical (unpaired) electrons. The van der Waals surface area contributed by atoms with Gasteiger partial charge in [0.1, 0.15) is 0 Å². The molecule has 1 fully saturated rings. The molecule has 4 nitrogen and oxygen atoms in total. The summed E-state index contributed by atoms with van der Waals surface area (Å²) in [4.78, 5) is 14.8. The predicted octanol–water partition coefficient (Wildman–Crippen LogP) is 4.42. The molecule has 0 atom stereocenters. The van der Waals surface area contributed by atoms with Gasteiger partial charge in [-0.1, -0.05) is 60.7 Å². The highest BCUT2D eigenvalue weighted by atomic mass is 16.2. The Morgan fingerprint density at radius 2 is 1.57 bits per heavy atom. The molecule has 1 aliphatic heterocycles. The second-order valence-corrected chi connectivity index (χ2v) is 7.67. The first-order valence-electron chi connectivity index (χ1n) is 10.2. The van der Waals surface area contributed by atoms with E-state index < -0.39 is 0 Å². The van der Waals surface area contributed by atoms with Crippen molar-refractivity contribution in [3.63, 3.8) is 0 Å². The minimum absolute atomic E-state index is 0.112. The van der Waals surface area contributed by atoms with Crippen LogP contribution < -0.4 is 0 Å². The number of carbonyl (C=O) groups is 1. The van der Waals surface area contributed by atoms with Crippen LogP contribution in [0.25, 0.3) is 0 Å². The lowest BCUT2D eigenvalue weighted by Gasteiger charge is -2.31. The molecule has 1 aliphatic rings. The molecule has 1 saturated heterocycles. The van der Waals surface area contributed by atoms with Crippen molar-refractivity contribution in [2.24, 2.45) is 5.92 Å². The van der Waals surface area contributed by atoms with E-state index in [1.807, 2.05) is 34.0 Å². The second kappa shape index (κ2) is 8.87. The standard InChI is InChI=1S/C24H27N3O/c28-24(23-17-25-27(19-23)18-22-9-5-2-6-10-22)26-15-13-21(14-16-26)12-11-20-7-3-1-4-8-20/h1-10,17,19,21H,11-16,18H2. The first kappa shape index (κ1) is 18.5. The maximum absolute atomic E-state index is 12.8. The summed E-state index contributed by atoms with van der Waals surface area (Å²) in [5.41, 5.74) is 3.29. The highest BCUT2D eigenvalue weighted by Gasteiger charge is 2.24. The summed E-state index contributed by atoms with van der Waals surface area (Å²) in [6.07, 6.45) is 8.10. The van der Waals surface area contributed by atoms with Crippen molar-refractivity contribution < 1.29 is 4.79 Å². The number of likely N-dealkylation sites (tertiary alicyclic amines) is 1. The number of rotatable bonds is 6. The lowest BCUT2D eigenvalue weighted by molar-refractivity contribution is 0.0687. The Kier molecular flexibility index (Phi) is 5.86. The van der Waals surface area contributed by atoms with E-state index in [2.05, 4.69) is 47.6 Å². The zero-order valence-corrected chi connectivity index (χ0v) is 16.2. The van der Waals surface area contributed by atoms with Crippen LogP contribution in [-0.2, 0) is 13.0 Å². The van der Waals surface area contributed by atoms with E-state index in [1.54, 1.807) is 6.20 Å². The molecule has 0 bridgehead atoms. The summed E-state index contributed by atoms with van der Waals surface area (Å²) in [5, 5.41) is 4.37. The number of benzene rings is 2. The molecule has 3 aromatic rings. The summed E-state index contributed by atoms with van der Waals surface area (Å²) < 4.78 is 1.84. The average Bonchev–Trinajstić information content (AvgIpc) is 3.22. The lowest BCUT2D eigenvalue weighted by atomic mass is 9.90. The predicted molar refractivity (Wildman–Crippen MR) is 111 cm³/mol. The monoisotopic (exact) mass is 373 g/mol. The van der Waals surface area contributed by atoms with Gasteiger partial charge in [0.15, 0.2) is 0 Å². The van der Waals surface area contributed by atoms with Gasteiger partial charge in [-0.3, -0.25) is 9.48 Å². The molecule has 2 aromatic carbocycles. The van der Waals surface area contributed by atoms with Crippen molar-refractivity contribution in [1.29, 1.82) is 0 Å². The van der Waals surface area contributed by atoms with Gasteiger partial charge in [-0.15, -0.1) is 0 Å². The third kappa shape index (κ3) is 4.69. The maximum Gasteiger partial charge on any atom is 0.257 e. The largest absolute Gasteiger partial charge is 0.339 e. The second-order valence-electron chi connectivity index (χ2n) is 7.67. The summed E-state index contributed by atoms with van der Waals surface area (Å²) >= 11 is 0. The Morgan fingerprint density at radius 3 is 2.25 bits per heavy atom. The number of amides is 1. The quantitative estimate of drug-likeness (QED) is 0.642. The molecule has 0 unspecified atom stereocenters. The van der Waals surface area contributed by atoms with Crippen LogP contribution >= 0.6 is 0 Å². The van der Waals surface area contributed by atoms with Gasteiger partial charge in [0.25, 0.3) is 5.91 Å². The number of hydrogen-bond acceptors (Lipinski definition) is 2. The van der Waals surface area contributed by atoms with Gasteiger partial charge in [0.2, 0.25) is 0 Å². The van der Waals surface area contributed by atoms with E-state index in [9.17, 15) is 4.79 Å². The Hall–Kier alpha value is -2.88. The van der Waals surface area contributed by atoms with E-state index in [1.165, 1.54) is 17.5 Å². The van der Waals surface area contributed by atoms with Crippen LogP contribution in [0.1, 0.15) is 40.7 Å². The topological polar surface area (TPSA) is 38.1 Å². The molecule has 0 N–H and O–H groups in total. The molecular weight excluding hydrogens is 346 g/mol. The van der Waals surface area contributed by atoms with Gasteiger partial charge >= 0.3 is 0 Å². The van der Waals surface area contributed by atoms with E-state index in [0.717, 1.165) is 32.4 Å². The average molecular weight is 374 g/mol. The number of aryl methyl sites for hydroxylation is 1. The smallest absolute Gasteiger partial charge is 0.257 e. The van der Waals surface area contributed by atoms with E-state index in [0.29, 0.717) is 18.0 Å². The van der Waals surface area contributed by atoms with Crippen molar-refractivity contribution in [2.75, 3.05) is 13.1 Å². The zero-order valence-electron chi connectivity index (χ0n) is 16.2. The van der Waals surface area contributed by atoms with Crippen LogP contribution in [0.5, 0.6) is 0 Å². The molecule has 0 aliphatic carbocycles. The van der Waals surface area contributed by atoms with E-state index >= 15 is 0 Å². The fraction of sp³-hybridized carbons (Fsp3) is 0.333. The Morgan fingerprint density at radius 1 is 0.929 bits per heavy atom. The van der Waals surface area contributed by atoms with Gasteiger partial charge in [-0.25, -0.2) is 0 Å². The molecule has 0 spiro atoms. The van der Waals surface area contributed by atoms with Crippen molar-refractivity contribution >= 4 is 5.91 Å². The maximum atomic E-state index is 12.8. The highest BCUT2D eigenvalue weighted by molar-refractivity contribution is 5.93. The minimum Gasteiger partial charge on any atom is -0.339 e. The zero-order chi connectivity index (χ0) is 19.2. The molecule has 1 aromatic heterocycles. The van der Waals surface area contributed by atoms with Crippen molar-refractivity contribution in [1.82, 2.24) is 14.7 Å². The fourth-order valence-corrected chi connectivity index (χ4v) is 3.95. The van der Waals surface area contributed by atoms with Gasteiger partial charge < -0.3 is 4.90 Å². The van der Waals surface area contributed by atoms with Crippen LogP contribution in [0, 0.1) is 5.92 Å². The molecule has 0 saturated carbocycles. The molecule has 4 heteroatoms. The van der Waals surface area contributed by atoms with Crippen LogP contribution in [0.3, 0.4) is 0 Å². The molecule has 144 valence electrons. The molecule has 28 heavy (non-hydrogen) atoms. The van der Waals surface area contributed by atoms with Crippen molar-refractivity contribution in [3.05, 3.63) is 89.7 Å². The normalized spacial score (nSPS) is 14.9. The SMILES string of the molecule is O=C(c1cnn(Cc2ccccc2)c1)N1CCC(CCc2ccccc2)CC1. The minimum atomic E-state index is 0.112. The van der Waals surface area contributed by atoms with Crippen molar-refractivity contribution in [3.8, 4) is 0 Å². The number of piperidine rings is 1. The third-order valence-electron chi connectivity index (χ3n) is 5.65. The van der Waals surface area contributed by atoms with Gasteiger partial charge in [0.05, 0.1) is 18.3 Å². The van der Waals surface area contributed by atoms with E-state index in [4.69, 9.17) is 0 Å². The summed E-state index contributed by atoms with van der Waals surface area (Å²) in [6.45, 7) is 2.39. The number of nitrogens with zero attached hydrogens (tertiary/aromatic N) is 3. The number of hydrogen-bond donors (Lipinski definition) is 0. The van der Waals surface area contributed by atoms with Gasteiger partial charge in [-0.05, 0) is 42.7 Å². The fourth-order valence-electron chi connectivity index (χ4n) is 3.95. The summed E-state index contributed by atoms with van der Waals surface area (Å²) in [5.74, 6) is 0.825. The Labute approximate surface area is 166 Å². The summed E-state index contributed by atoms with van der Waals surface area (Å²) in [7, 11) is 0. The molecule has 4 rings (SSSR count). The number of carbonyl (C=O) groups excluding carboxylic acids is 1. The molecule has 2 heterocycles. The van der Waals surface area contributed by atoms with Crippen LogP contribution in [0.4, 0.5) is 0 Å². The van der Waals surface area contributed by atoms with Crippen molar-refractivity contribution in [2.45, 2.75) is 32.2 Å². The van der Waals surface area contributed by atoms with Crippen LogP contribution in [0.15, 0.2) is 73.1 Å². The van der Waals surface area contributed by atoms with Gasteiger partial charge in [0, 0.05) is 19.3 Å². The number of aromatic nitrogens is 2. The third-order valence-corrected chi connectivity index (χ3v) is 5.65. The molecular formula is C24H27N3O. The van der Waals surface area contributed by atoms with Crippen LogP contribution in [0.2, 0.25) is 0 Å². The van der Waals surface area contributed by atoms with Crippen LogP contribution in [-0.4, -0.2) is 33.7 Å². The first-order valence-corrected chi connectivity index (χ1v) is 10.2. The highest BCUT2D eigenvalue weighted by Crippen LogP contribution is 2.23. The van der Waals surface area contributed by atoms with E-state index in [-0.39, 0.29) is 5.91 Å². The Bertz CT molecular complexity index is 880. The molecule has 1 amide bonds. The summed E-state index contributed by atoms with van der Waals surface area (Å²) in [6, 6.07) is 20.9. The first-order chi connectivity index (χ1) is 13.8. The van der Waals surface area contributed by atoms with Gasteiger partial charge in [-0.2, -0.15) is 5.10 Å². The Balaban J connectivity index is 1.27. The lowest BCUT2D eigenvalue weighted by Crippen LogP contribution is -2.38.